The van der Waals surface area contributed by atoms with Crippen LogP contribution in [0.25, 0.3) is 0 Å². The maximum Gasteiger partial charge on any atom is 0.230 e. The van der Waals surface area contributed by atoms with Gasteiger partial charge in [-0.25, -0.2) is 0 Å². The molecule has 1 aliphatic carbocycles. The second-order valence-corrected chi connectivity index (χ2v) is 6.53. The van der Waals surface area contributed by atoms with Crippen LogP contribution in [0.5, 0.6) is 0 Å². The van der Waals surface area contributed by atoms with Gasteiger partial charge >= 0.3 is 0 Å². The number of thiocarbonyl (C=S) groups is 1. The minimum Gasteiger partial charge on any atom is -0.393 e. The van der Waals surface area contributed by atoms with Crippen molar-refractivity contribution in [1.29, 1.82) is 0 Å². The molecule has 1 saturated carbocycles. The molecule has 1 aromatic rings. The molecule has 0 aliphatic heterocycles. The Bertz CT molecular complexity index is 489. The lowest BCUT2D eigenvalue weighted by molar-refractivity contribution is -0.123. The van der Waals surface area contributed by atoms with E-state index in [9.17, 15) is 4.79 Å². The molecule has 114 valence electrons. The first kappa shape index (κ1) is 16.0. The summed E-state index contributed by atoms with van der Waals surface area (Å²) in [6.45, 7) is 3.01. The third-order valence-electron chi connectivity index (χ3n) is 4.52. The minimum absolute atomic E-state index is 0.0366. The second-order valence-electron chi connectivity index (χ2n) is 6.06. The van der Waals surface area contributed by atoms with Crippen LogP contribution in [0.3, 0.4) is 0 Å². The zero-order chi connectivity index (χ0) is 15.2. The molecule has 1 fully saturated rings. The summed E-state index contributed by atoms with van der Waals surface area (Å²) in [5.41, 5.74) is 6.85. The van der Waals surface area contributed by atoms with Gasteiger partial charge in [0, 0.05) is 6.54 Å². The molecule has 0 bridgehead atoms. The monoisotopic (exact) mass is 304 g/mol. The Hall–Kier alpha value is -1.42. The number of hydrogen-bond acceptors (Lipinski definition) is 2. The van der Waals surface area contributed by atoms with Gasteiger partial charge in [0.2, 0.25) is 5.91 Å². The van der Waals surface area contributed by atoms with Crippen molar-refractivity contribution in [2.45, 2.75) is 32.6 Å². The number of carbonyl (C=O) groups is 1. The molecule has 3 N–H and O–H groups in total. The zero-order valence-electron chi connectivity index (χ0n) is 12.5. The highest BCUT2D eigenvalue weighted by atomic mass is 32.1. The molecule has 3 unspecified atom stereocenters. The summed E-state index contributed by atoms with van der Waals surface area (Å²) < 4.78 is 0. The van der Waals surface area contributed by atoms with E-state index in [4.69, 9.17) is 18.0 Å². The average Bonchev–Trinajstić information content (AvgIpc) is 2.88. The predicted octanol–water partition coefficient (Wildman–Crippen LogP) is 2.68. The van der Waals surface area contributed by atoms with Gasteiger partial charge in [-0.1, -0.05) is 62.3 Å². The number of hydrogen-bond donors (Lipinski definition) is 2. The highest BCUT2D eigenvalue weighted by molar-refractivity contribution is 7.80. The Labute approximate surface area is 132 Å². The molecule has 3 nitrogen and oxygen atoms in total. The summed E-state index contributed by atoms with van der Waals surface area (Å²) in [7, 11) is 0. The lowest BCUT2D eigenvalue weighted by atomic mass is 9.96. The summed E-state index contributed by atoms with van der Waals surface area (Å²) >= 11 is 5.08. The largest absolute Gasteiger partial charge is 0.393 e. The van der Waals surface area contributed by atoms with Crippen molar-refractivity contribution in [3.63, 3.8) is 0 Å². The molecule has 0 aromatic heterocycles. The maximum absolute atomic E-state index is 12.4. The number of amides is 1. The lowest BCUT2D eigenvalue weighted by Gasteiger charge is -2.19. The second kappa shape index (κ2) is 7.55. The topological polar surface area (TPSA) is 55.1 Å². The van der Waals surface area contributed by atoms with E-state index in [-0.39, 0.29) is 10.9 Å². The van der Waals surface area contributed by atoms with Crippen LogP contribution in [0.4, 0.5) is 0 Å². The van der Waals surface area contributed by atoms with Crippen molar-refractivity contribution in [3.05, 3.63) is 35.9 Å². The lowest BCUT2D eigenvalue weighted by Crippen LogP contribution is -2.41. The van der Waals surface area contributed by atoms with Gasteiger partial charge in [-0.2, -0.15) is 0 Å². The SMILES string of the molecule is CC1CCCC1CNC(=O)C(Cc1ccccc1)C(N)=S. The molecular formula is C17H24N2OS. The summed E-state index contributed by atoms with van der Waals surface area (Å²) in [6, 6.07) is 9.88. The fourth-order valence-corrected chi connectivity index (χ4v) is 3.24. The molecule has 0 radical (unpaired) electrons. The van der Waals surface area contributed by atoms with Crippen LogP contribution in [0, 0.1) is 17.8 Å². The molecule has 0 saturated heterocycles. The molecule has 0 heterocycles. The van der Waals surface area contributed by atoms with Crippen molar-refractivity contribution in [2.24, 2.45) is 23.5 Å². The summed E-state index contributed by atoms with van der Waals surface area (Å²) in [4.78, 5) is 12.6. The Morgan fingerprint density at radius 3 is 2.67 bits per heavy atom. The van der Waals surface area contributed by atoms with Crippen molar-refractivity contribution < 1.29 is 4.79 Å². The number of nitrogens with two attached hydrogens (primary N) is 1. The van der Waals surface area contributed by atoms with Crippen molar-refractivity contribution in [3.8, 4) is 0 Å². The van der Waals surface area contributed by atoms with Gasteiger partial charge in [0.15, 0.2) is 0 Å². The van der Waals surface area contributed by atoms with Crippen LogP contribution in [0.15, 0.2) is 30.3 Å². The van der Waals surface area contributed by atoms with E-state index < -0.39 is 5.92 Å². The van der Waals surface area contributed by atoms with E-state index in [1.165, 1.54) is 19.3 Å². The van der Waals surface area contributed by atoms with Gasteiger partial charge in [-0.05, 0) is 30.2 Å². The van der Waals surface area contributed by atoms with Gasteiger partial charge in [0.25, 0.3) is 0 Å². The van der Waals surface area contributed by atoms with E-state index >= 15 is 0 Å². The third kappa shape index (κ3) is 4.53. The minimum atomic E-state index is -0.417. The number of rotatable bonds is 6. The average molecular weight is 304 g/mol. The zero-order valence-corrected chi connectivity index (χ0v) is 13.4. The van der Waals surface area contributed by atoms with Crippen molar-refractivity contribution in [1.82, 2.24) is 5.32 Å². The van der Waals surface area contributed by atoms with E-state index in [0.717, 1.165) is 12.1 Å². The molecule has 1 amide bonds. The van der Waals surface area contributed by atoms with E-state index in [1.807, 2.05) is 30.3 Å². The fraction of sp³-hybridized carbons (Fsp3) is 0.529. The van der Waals surface area contributed by atoms with Crippen molar-refractivity contribution in [2.75, 3.05) is 6.54 Å². The van der Waals surface area contributed by atoms with Gasteiger partial charge in [0.05, 0.1) is 10.9 Å². The molecule has 1 aromatic carbocycles. The highest BCUT2D eigenvalue weighted by Gasteiger charge is 2.26. The maximum atomic E-state index is 12.4. The normalized spacial score (nSPS) is 22.7. The van der Waals surface area contributed by atoms with Gasteiger partial charge in [0.1, 0.15) is 0 Å². The molecule has 2 rings (SSSR count). The first-order valence-electron chi connectivity index (χ1n) is 7.69. The van der Waals surface area contributed by atoms with E-state index in [0.29, 0.717) is 18.3 Å². The third-order valence-corrected chi connectivity index (χ3v) is 4.80. The molecule has 1 aliphatic rings. The van der Waals surface area contributed by atoms with Crippen LogP contribution in [0.1, 0.15) is 31.7 Å². The van der Waals surface area contributed by atoms with Crippen molar-refractivity contribution >= 4 is 23.1 Å². The fourth-order valence-electron chi connectivity index (χ4n) is 3.05. The molecule has 3 atom stereocenters. The standard InChI is InChI=1S/C17H24N2OS/c1-12-6-5-9-14(12)11-19-17(20)15(16(18)21)10-13-7-3-2-4-8-13/h2-4,7-8,12,14-15H,5-6,9-11H2,1H3,(H2,18,21)(H,19,20). The summed E-state index contributed by atoms with van der Waals surface area (Å²) in [5.74, 6) is 0.838. The van der Waals surface area contributed by atoms with Gasteiger partial charge in [-0.3, -0.25) is 4.79 Å². The number of carbonyl (C=O) groups excluding carboxylic acids is 1. The van der Waals surface area contributed by atoms with E-state index in [1.54, 1.807) is 0 Å². The Balaban J connectivity index is 1.91. The number of benzene rings is 1. The first-order valence-corrected chi connectivity index (χ1v) is 8.09. The van der Waals surface area contributed by atoms with Gasteiger partial charge < -0.3 is 11.1 Å². The molecule has 0 spiro atoms. The smallest absolute Gasteiger partial charge is 0.230 e. The quantitative estimate of drug-likeness (QED) is 0.795. The first-order chi connectivity index (χ1) is 10.1. The molecule has 4 heteroatoms. The molecule has 21 heavy (non-hydrogen) atoms. The van der Waals surface area contributed by atoms with Crippen LogP contribution in [-0.4, -0.2) is 17.4 Å². The highest BCUT2D eigenvalue weighted by Crippen LogP contribution is 2.30. The summed E-state index contributed by atoms with van der Waals surface area (Å²) in [6.07, 6.45) is 4.31. The number of nitrogens with one attached hydrogen (secondary N) is 1. The van der Waals surface area contributed by atoms with Gasteiger partial charge in [-0.15, -0.1) is 0 Å². The predicted molar refractivity (Wildman–Crippen MR) is 89.9 cm³/mol. The van der Waals surface area contributed by atoms with Crippen LogP contribution < -0.4 is 11.1 Å². The van der Waals surface area contributed by atoms with Crippen LogP contribution in [0.2, 0.25) is 0 Å². The Morgan fingerprint density at radius 1 is 1.38 bits per heavy atom. The molecular weight excluding hydrogens is 280 g/mol. The van der Waals surface area contributed by atoms with Crippen LogP contribution >= 0.6 is 12.2 Å². The summed E-state index contributed by atoms with van der Waals surface area (Å²) in [5, 5.41) is 3.05. The Morgan fingerprint density at radius 2 is 2.10 bits per heavy atom. The van der Waals surface area contributed by atoms with E-state index in [2.05, 4.69) is 12.2 Å². The Kier molecular flexibility index (Phi) is 5.74. The van der Waals surface area contributed by atoms with Crippen LogP contribution in [-0.2, 0) is 11.2 Å².